The van der Waals surface area contributed by atoms with Crippen LogP contribution in [0.15, 0.2) is 24.4 Å². The van der Waals surface area contributed by atoms with E-state index in [2.05, 4.69) is 41.4 Å². The Labute approximate surface area is 106 Å². The van der Waals surface area contributed by atoms with Gasteiger partial charge in [-0.2, -0.15) is 10.4 Å². The van der Waals surface area contributed by atoms with Gasteiger partial charge in [0.1, 0.15) is 0 Å². The molecule has 0 radical (unpaired) electrons. The smallest absolute Gasteiger partial charge is 0.0859 e. The zero-order valence-corrected chi connectivity index (χ0v) is 10.4. The number of benzene rings is 1. The highest BCUT2D eigenvalue weighted by molar-refractivity contribution is 5.79. The van der Waals surface area contributed by atoms with Gasteiger partial charge in [-0.3, -0.25) is 5.10 Å². The van der Waals surface area contributed by atoms with Crippen LogP contribution in [-0.4, -0.2) is 10.2 Å². The number of nitrogens with one attached hydrogen (secondary N) is 1. The number of hydrogen-bond donors (Lipinski definition) is 1. The molecule has 1 heterocycles. The average molecular weight is 237 g/mol. The van der Waals surface area contributed by atoms with Crippen molar-refractivity contribution >= 4 is 10.9 Å². The minimum atomic E-state index is -0.268. The largest absolute Gasteiger partial charge is 0.278 e. The van der Waals surface area contributed by atoms with E-state index in [1.54, 1.807) is 0 Å². The van der Waals surface area contributed by atoms with Gasteiger partial charge < -0.3 is 0 Å². The second-order valence-corrected chi connectivity index (χ2v) is 6.02. The van der Waals surface area contributed by atoms with Crippen LogP contribution >= 0.6 is 0 Å². The SMILES string of the molecule is CC1C2(CC2)CC1(C#N)c1ccc2cn[nH]c2c1. The molecule has 2 aliphatic rings. The van der Waals surface area contributed by atoms with E-state index in [1.165, 1.54) is 12.8 Å². The Morgan fingerprint density at radius 3 is 2.94 bits per heavy atom. The Morgan fingerprint density at radius 2 is 2.28 bits per heavy atom. The highest BCUT2D eigenvalue weighted by Crippen LogP contribution is 2.72. The van der Waals surface area contributed by atoms with Gasteiger partial charge in [-0.1, -0.05) is 19.1 Å². The normalized spacial score (nSPS) is 32.1. The van der Waals surface area contributed by atoms with E-state index in [9.17, 15) is 5.26 Å². The summed E-state index contributed by atoms with van der Waals surface area (Å²) < 4.78 is 0. The number of aromatic amines is 1. The van der Waals surface area contributed by atoms with Crippen LogP contribution in [0, 0.1) is 22.7 Å². The number of hydrogen-bond acceptors (Lipinski definition) is 2. The van der Waals surface area contributed by atoms with Gasteiger partial charge in [0.05, 0.1) is 23.2 Å². The summed E-state index contributed by atoms with van der Waals surface area (Å²) in [5.41, 5.74) is 2.42. The van der Waals surface area contributed by atoms with E-state index in [1.807, 2.05) is 6.20 Å². The molecule has 2 aromatic rings. The summed E-state index contributed by atoms with van der Waals surface area (Å²) in [6.45, 7) is 2.25. The van der Waals surface area contributed by atoms with E-state index < -0.39 is 0 Å². The minimum absolute atomic E-state index is 0.268. The average Bonchev–Trinajstić information content (AvgIpc) is 3.07. The monoisotopic (exact) mass is 237 g/mol. The molecule has 18 heavy (non-hydrogen) atoms. The van der Waals surface area contributed by atoms with Crippen LogP contribution in [0.3, 0.4) is 0 Å². The summed E-state index contributed by atoms with van der Waals surface area (Å²) in [4.78, 5) is 0. The lowest BCUT2D eigenvalue weighted by Gasteiger charge is -2.51. The first-order valence-corrected chi connectivity index (χ1v) is 6.55. The van der Waals surface area contributed by atoms with Gasteiger partial charge in [0.25, 0.3) is 0 Å². The molecule has 0 bridgehead atoms. The van der Waals surface area contributed by atoms with Crippen LogP contribution in [-0.2, 0) is 5.41 Å². The Kier molecular flexibility index (Phi) is 1.66. The summed E-state index contributed by atoms with van der Waals surface area (Å²) in [6.07, 6.45) is 5.48. The maximum Gasteiger partial charge on any atom is 0.0859 e. The summed E-state index contributed by atoms with van der Waals surface area (Å²) in [5.74, 6) is 0.482. The quantitative estimate of drug-likeness (QED) is 0.828. The van der Waals surface area contributed by atoms with Crippen LogP contribution < -0.4 is 0 Å². The van der Waals surface area contributed by atoms with Crippen LogP contribution in [0.5, 0.6) is 0 Å². The van der Waals surface area contributed by atoms with E-state index >= 15 is 0 Å². The number of nitriles is 1. The van der Waals surface area contributed by atoms with E-state index in [4.69, 9.17) is 0 Å². The molecule has 2 saturated carbocycles. The van der Waals surface area contributed by atoms with Gasteiger partial charge in [-0.15, -0.1) is 0 Å². The third-order valence-electron chi connectivity index (χ3n) is 5.34. The highest BCUT2D eigenvalue weighted by atomic mass is 15.1. The van der Waals surface area contributed by atoms with Gasteiger partial charge in [0.15, 0.2) is 0 Å². The molecule has 3 heteroatoms. The summed E-state index contributed by atoms with van der Waals surface area (Å²) in [6, 6.07) is 8.88. The lowest BCUT2D eigenvalue weighted by atomic mass is 9.50. The first-order valence-electron chi connectivity index (χ1n) is 6.55. The van der Waals surface area contributed by atoms with Crippen molar-refractivity contribution in [1.82, 2.24) is 10.2 Å². The molecule has 2 aliphatic carbocycles. The Bertz CT molecular complexity index is 674. The van der Waals surface area contributed by atoms with Crippen LogP contribution in [0.25, 0.3) is 10.9 Å². The van der Waals surface area contributed by atoms with Crippen molar-refractivity contribution in [3.8, 4) is 6.07 Å². The topological polar surface area (TPSA) is 52.5 Å². The molecule has 0 amide bonds. The standard InChI is InChI=1S/C15H15N3/c1-10-14(4-5-14)8-15(10,9-16)12-3-2-11-7-17-18-13(11)6-12/h2-3,6-7,10H,4-5,8H2,1H3,(H,17,18). The number of H-pyrrole nitrogens is 1. The number of rotatable bonds is 1. The Balaban J connectivity index is 1.83. The van der Waals surface area contributed by atoms with Gasteiger partial charge >= 0.3 is 0 Å². The highest BCUT2D eigenvalue weighted by Gasteiger charge is 2.67. The van der Waals surface area contributed by atoms with Crippen LogP contribution in [0.1, 0.15) is 31.7 Å². The molecule has 90 valence electrons. The molecule has 1 aromatic carbocycles. The van der Waals surface area contributed by atoms with Crippen molar-refractivity contribution in [3.05, 3.63) is 30.0 Å². The van der Waals surface area contributed by atoms with Gasteiger partial charge in [-0.25, -0.2) is 0 Å². The van der Waals surface area contributed by atoms with Gasteiger partial charge in [0.2, 0.25) is 0 Å². The molecule has 1 N–H and O–H groups in total. The maximum absolute atomic E-state index is 9.67. The summed E-state index contributed by atoms with van der Waals surface area (Å²) >= 11 is 0. The number of aromatic nitrogens is 2. The summed E-state index contributed by atoms with van der Waals surface area (Å²) in [5, 5.41) is 17.8. The first-order chi connectivity index (χ1) is 8.70. The second-order valence-electron chi connectivity index (χ2n) is 6.02. The second kappa shape index (κ2) is 2.95. The fourth-order valence-corrected chi connectivity index (χ4v) is 3.79. The maximum atomic E-state index is 9.67. The zero-order valence-electron chi connectivity index (χ0n) is 10.4. The predicted octanol–water partition coefficient (Wildman–Crippen LogP) is 3.14. The molecule has 2 atom stereocenters. The Hall–Kier alpha value is -1.82. The van der Waals surface area contributed by atoms with Crippen molar-refractivity contribution in [2.45, 2.75) is 31.6 Å². The molecule has 1 aromatic heterocycles. The Morgan fingerprint density at radius 1 is 1.44 bits per heavy atom. The number of fused-ring (bicyclic) bond motifs is 1. The first kappa shape index (κ1) is 10.1. The van der Waals surface area contributed by atoms with Crippen molar-refractivity contribution < 1.29 is 0 Å². The molecule has 4 rings (SSSR count). The molecule has 0 saturated heterocycles. The molecule has 0 aliphatic heterocycles. The molecule has 3 nitrogen and oxygen atoms in total. The molecular weight excluding hydrogens is 222 g/mol. The van der Waals surface area contributed by atoms with Gasteiger partial charge in [0, 0.05) is 5.39 Å². The summed E-state index contributed by atoms with van der Waals surface area (Å²) in [7, 11) is 0. The fraction of sp³-hybridized carbons (Fsp3) is 0.467. The molecule has 1 spiro atoms. The van der Waals surface area contributed by atoms with E-state index in [-0.39, 0.29) is 5.41 Å². The third kappa shape index (κ3) is 1.02. The fourth-order valence-electron chi connectivity index (χ4n) is 3.79. The zero-order chi connectivity index (χ0) is 12.4. The van der Waals surface area contributed by atoms with E-state index in [0.717, 1.165) is 22.9 Å². The third-order valence-corrected chi connectivity index (χ3v) is 5.34. The predicted molar refractivity (Wildman–Crippen MR) is 68.8 cm³/mol. The molecular formula is C15H15N3. The lowest BCUT2D eigenvalue weighted by molar-refractivity contribution is 0.0669. The van der Waals surface area contributed by atoms with Gasteiger partial charge in [-0.05, 0) is 42.2 Å². The van der Waals surface area contributed by atoms with Crippen molar-refractivity contribution in [3.63, 3.8) is 0 Å². The molecule has 2 unspecified atom stereocenters. The van der Waals surface area contributed by atoms with Crippen LogP contribution in [0.4, 0.5) is 0 Å². The minimum Gasteiger partial charge on any atom is -0.278 e. The van der Waals surface area contributed by atoms with E-state index in [0.29, 0.717) is 11.3 Å². The molecule has 2 fully saturated rings. The van der Waals surface area contributed by atoms with Crippen LogP contribution in [0.2, 0.25) is 0 Å². The number of nitrogens with zero attached hydrogens (tertiary/aromatic N) is 2. The van der Waals surface area contributed by atoms with Crippen molar-refractivity contribution in [1.29, 1.82) is 5.26 Å². The lowest BCUT2D eigenvalue weighted by Crippen LogP contribution is -2.50. The van der Waals surface area contributed by atoms with Crippen molar-refractivity contribution in [2.24, 2.45) is 11.3 Å². The van der Waals surface area contributed by atoms with Crippen molar-refractivity contribution in [2.75, 3.05) is 0 Å².